The first-order chi connectivity index (χ1) is 29.5. The summed E-state index contributed by atoms with van der Waals surface area (Å²) in [6.07, 6.45) is 14.9. The molecule has 0 heterocycles. The topological polar surface area (TPSA) is 208 Å². The smallest absolute Gasteiger partial charge is 0.338 e. The fourth-order valence-corrected chi connectivity index (χ4v) is 10.9. The maximum atomic E-state index is 12.7. The lowest BCUT2D eigenvalue weighted by Crippen LogP contribution is -2.65. The maximum Gasteiger partial charge on any atom is 0.338 e. The zero-order valence-electron chi connectivity index (χ0n) is 38.2. The van der Waals surface area contributed by atoms with Crippen LogP contribution in [0.3, 0.4) is 0 Å². The van der Waals surface area contributed by atoms with Crippen molar-refractivity contribution in [3.63, 3.8) is 0 Å². The van der Waals surface area contributed by atoms with Gasteiger partial charge < -0.3 is 64.5 Å². The predicted octanol–water partition coefficient (Wildman–Crippen LogP) is 6.97. The standard InChI is InChI=1S/C48H90O13/c1-2-57-43(58-39(23-7-19-35-49)44(53)27-11-3-12-28-44)48(59-40(24-8-20-36-50)45(54)29-13-4-14-30-45,60-41(25-9-21-37-51)46(55)31-15-5-16-32-46)61-42(26-10-22-38-52)47(56)33-17-6-18-34-47/h39-43,49-56H,2-38H2,1H3. The largest absolute Gasteiger partial charge is 0.396 e. The van der Waals surface area contributed by atoms with Gasteiger partial charge in [-0.3, -0.25) is 0 Å². The van der Waals surface area contributed by atoms with E-state index in [4.69, 9.17) is 23.7 Å². The Balaban J connectivity index is 2.00. The lowest BCUT2D eigenvalue weighted by molar-refractivity contribution is -0.506. The van der Waals surface area contributed by atoms with Gasteiger partial charge in [-0.2, -0.15) is 0 Å². The minimum Gasteiger partial charge on any atom is -0.396 e. The van der Waals surface area contributed by atoms with Crippen molar-refractivity contribution in [1.29, 1.82) is 0 Å². The summed E-state index contributed by atoms with van der Waals surface area (Å²) in [5.41, 5.74) is -5.12. The molecule has 4 rings (SSSR count). The Morgan fingerprint density at radius 2 is 0.656 bits per heavy atom. The number of hydrogen-bond donors (Lipinski definition) is 8. The summed E-state index contributed by atoms with van der Waals surface area (Å²) in [5, 5.41) is 90.2. The number of aliphatic hydroxyl groups is 8. The quantitative estimate of drug-likeness (QED) is 0.0262. The highest BCUT2D eigenvalue weighted by atomic mass is 16.9. The van der Waals surface area contributed by atoms with Crippen molar-refractivity contribution in [2.45, 2.75) is 271 Å². The highest BCUT2D eigenvalue weighted by Crippen LogP contribution is 2.47. The van der Waals surface area contributed by atoms with E-state index in [1.54, 1.807) is 0 Å². The zero-order chi connectivity index (χ0) is 44.1. The van der Waals surface area contributed by atoms with Crippen molar-refractivity contribution >= 4 is 0 Å². The van der Waals surface area contributed by atoms with Gasteiger partial charge in [0.1, 0.15) is 0 Å². The van der Waals surface area contributed by atoms with Crippen LogP contribution >= 0.6 is 0 Å². The molecule has 0 aromatic rings. The third kappa shape index (κ3) is 15.8. The average molecular weight is 875 g/mol. The fraction of sp³-hybridized carbons (Fsp3) is 1.00. The van der Waals surface area contributed by atoms with E-state index in [1.807, 2.05) is 6.92 Å². The number of aliphatic hydroxyl groups excluding tert-OH is 4. The van der Waals surface area contributed by atoms with Crippen molar-refractivity contribution in [3.05, 3.63) is 0 Å². The van der Waals surface area contributed by atoms with E-state index in [0.717, 1.165) is 77.0 Å². The summed E-state index contributed by atoms with van der Waals surface area (Å²) in [6.45, 7) is 1.88. The van der Waals surface area contributed by atoms with Crippen LogP contribution in [-0.2, 0) is 23.7 Å². The molecule has 5 unspecified atom stereocenters. The molecule has 4 aliphatic rings. The van der Waals surface area contributed by atoms with Crippen LogP contribution in [0.5, 0.6) is 0 Å². The molecule has 0 aromatic carbocycles. The van der Waals surface area contributed by atoms with Gasteiger partial charge in [-0.05, 0) is 135 Å². The molecular formula is C48H90O13. The van der Waals surface area contributed by atoms with Crippen molar-refractivity contribution in [2.75, 3.05) is 33.0 Å². The van der Waals surface area contributed by atoms with Gasteiger partial charge in [0.15, 0.2) is 0 Å². The lowest BCUT2D eigenvalue weighted by Gasteiger charge is -2.52. The van der Waals surface area contributed by atoms with E-state index < -0.39 is 59.1 Å². The predicted molar refractivity (Wildman–Crippen MR) is 234 cm³/mol. The molecule has 0 bridgehead atoms. The second-order valence-electron chi connectivity index (χ2n) is 19.4. The first kappa shape index (κ1) is 53.1. The van der Waals surface area contributed by atoms with Gasteiger partial charge in [0.05, 0.1) is 46.8 Å². The molecule has 5 atom stereocenters. The van der Waals surface area contributed by atoms with Gasteiger partial charge >= 0.3 is 5.97 Å². The fourth-order valence-electron chi connectivity index (χ4n) is 10.9. The van der Waals surface area contributed by atoms with Gasteiger partial charge in [0, 0.05) is 33.0 Å². The second-order valence-corrected chi connectivity index (χ2v) is 19.4. The Kier molecular flexibility index (Phi) is 23.7. The number of rotatable bonds is 31. The van der Waals surface area contributed by atoms with E-state index in [-0.39, 0.29) is 33.0 Å². The lowest BCUT2D eigenvalue weighted by atomic mass is 9.78. The molecule has 4 saturated carbocycles. The summed E-state index contributed by atoms with van der Waals surface area (Å²) in [4.78, 5) is 0. The van der Waals surface area contributed by atoms with Crippen molar-refractivity contribution in [2.24, 2.45) is 0 Å². The van der Waals surface area contributed by atoms with Crippen LogP contribution < -0.4 is 0 Å². The average Bonchev–Trinajstić information content (AvgIpc) is 3.25. The number of unbranched alkanes of at least 4 members (excludes halogenated alkanes) is 4. The summed E-state index contributed by atoms with van der Waals surface area (Å²) >= 11 is 0. The molecule has 0 spiro atoms. The molecule has 8 N–H and O–H groups in total. The van der Waals surface area contributed by atoms with Crippen LogP contribution in [0, 0.1) is 0 Å². The Bertz CT molecular complexity index is 1030. The van der Waals surface area contributed by atoms with Crippen LogP contribution in [0.1, 0.15) is 212 Å². The van der Waals surface area contributed by atoms with Crippen LogP contribution in [-0.4, -0.2) is 133 Å². The third-order valence-corrected chi connectivity index (χ3v) is 14.6. The molecule has 13 nitrogen and oxygen atoms in total. The highest BCUT2D eigenvalue weighted by Gasteiger charge is 2.59. The summed E-state index contributed by atoms with van der Waals surface area (Å²) in [6, 6.07) is 0. The third-order valence-electron chi connectivity index (χ3n) is 14.6. The Labute approximate surface area is 368 Å². The first-order valence-corrected chi connectivity index (χ1v) is 25.1. The van der Waals surface area contributed by atoms with Gasteiger partial charge in [0.2, 0.25) is 6.29 Å². The molecule has 61 heavy (non-hydrogen) atoms. The first-order valence-electron chi connectivity index (χ1n) is 25.1. The van der Waals surface area contributed by atoms with Gasteiger partial charge in [-0.15, -0.1) is 0 Å². The van der Waals surface area contributed by atoms with E-state index in [1.165, 1.54) is 0 Å². The van der Waals surface area contributed by atoms with Crippen LogP contribution in [0.2, 0.25) is 0 Å². The Morgan fingerprint density at radius 3 is 0.918 bits per heavy atom. The molecule has 0 saturated heterocycles. The van der Waals surface area contributed by atoms with Gasteiger partial charge in [0.25, 0.3) is 0 Å². The van der Waals surface area contributed by atoms with Gasteiger partial charge in [-0.25, -0.2) is 0 Å². The van der Waals surface area contributed by atoms with E-state index in [2.05, 4.69) is 0 Å². The molecule has 13 heteroatoms. The molecular weight excluding hydrogens is 785 g/mol. The molecule has 0 aliphatic heterocycles. The normalized spacial score (nSPS) is 24.9. The van der Waals surface area contributed by atoms with E-state index in [9.17, 15) is 40.9 Å². The SMILES string of the molecule is CCOC(OC(CCCCO)C1(O)CCCCC1)C(OC(CCCCO)C1(O)CCCCC1)(OC(CCCCO)C1(O)CCCCC1)OC(CCCCO)C1(O)CCCCC1. The molecule has 0 amide bonds. The van der Waals surface area contributed by atoms with Crippen LogP contribution in [0.25, 0.3) is 0 Å². The molecule has 0 aromatic heterocycles. The van der Waals surface area contributed by atoms with E-state index >= 15 is 0 Å². The monoisotopic (exact) mass is 875 g/mol. The molecule has 0 radical (unpaired) electrons. The maximum absolute atomic E-state index is 12.7. The second kappa shape index (κ2) is 27.2. The van der Waals surface area contributed by atoms with Crippen LogP contribution in [0.15, 0.2) is 0 Å². The van der Waals surface area contributed by atoms with Crippen molar-refractivity contribution in [1.82, 2.24) is 0 Å². The summed E-state index contributed by atoms with van der Waals surface area (Å²) in [7, 11) is 0. The summed E-state index contributed by atoms with van der Waals surface area (Å²) < 4.78 is 36.3. The highest BCUT2D eigenvalue weighted by molar-refractivity contribution is 4.98. The Morgan fingerprint density at radius 1 is 0.393 bits per heavy atom. The molecule has 360 valence electrons. The van der Waals surface area contributed by atoms with Gasteiger partial charge in [-0.1, -0.05) is 77.0 Å². The van der Waals surface area contributed by atoms with Crippen molar-refractivity contribution in [3.8, 4) is 0 Å². The van der Waals surface area contributed by atoms with E-state index in [0.29, 0.717) is 128 Å². The number of ether oxygens (including phenoxy) is 5. The van der Waals surface area contributed by atoms with Crippen molar-refractivity contribution < 1.29 is 64.5 Å². The summed E-state index contributed by atoms with van der Waals surface area (Å²) in [5.74, 6) is -2.30. The molecule has 4 fully saturated rings. The molecule has 4 aliphatic carbocycles. The zero-order valence-corrected chi connectivity index (χ0v) is 38.2. The number of hydrogen-bond acceptors (Lipinski definition) is 13. The van der Waals surface area contributed by atoms with Crippen LogP contribution in [0.4, 0.5) is 0 Å². The minimum atomic E-state index is -2.30. The minimum absolute atomic E-state index is 0.00435. The Hall–Kier alpha value is -0.520.